The molecule has 0 atom stereocenters. The van der Waals surface area contributed by atoms with Crippen molar-refractivity contribution in [3.8, 4) is 0 Å². The molecule has 0 unspecified atom stereocenters. The summed E-state index contributed by atoms with van der Waals surface area (Å²) < 4.78 is 5.26. The minimum atomic E-state index is 0.621. The van der Waals surface area contributed by atoms with Crippen molar-refractivity contribution in [1.82, 2.24) is 4.90 Å². The third kappa shape index (κ3) is 2.36. The SMILES string of the molecule is NCc1ccc(N2CCN(C3COC3)CC2)cc1. The van der Waals surface area contributed by atoms with Crippen LogP contribution >= 0.6 is 0 Å². The monoisotopic (exact) mass is 247 g/mol. The largest absolute Gasteiger partial charge is 0.378 e. The molecule has 3 rings (SSSR count). The lowest BCUT2D eigenvalue weighted by Crippen LogP contribution is -2.56. The van der Waals surface area contributed by atoms with E-state index >= 15 is 0 Å². The number of rotatable bonds is 3. The molecular formula is C14H21N3O. The summed E-state index contributed by atoms with van der Waals surface area (Å²) in [4.78, 5) is 5.00. The third-order valence-electron chi connectivity index (χ3n) is 3.99. The van der Waals surface area contributed by atoms with Crippen molar-refractivity contribution in [2.75, 3.05) is 44.3 Å². The number of hydrogen-bond donors (Lipinski definition) is 1. The van der Waals surface area contributed by atoms with Gasteiger partial charge in [0, 0.05) is 38.4 Å². The van der Waals surface area contributed by atoms with E-state index in [9.17, 15) is 0 Å². The first-order valence-electron chi connectivity index (χ1n) is 6.72. The zero-order chi connectivity index (χ0) is 12.4. The molecule has 0 aliphatic carbocycles. The van der Waals surface area contributed by atoms with E-state index in [-0.39, 0.29) is 0 Å². The molecule has 1 aromatic carbocycles. The first kappa shape index (κ1) is 12.0. The number of nitrogens with two attached hydrogens (primary N) is 1. The molecule has 2 N–H and O–H groups in total. The maximum atomic E-state index is 5.62. The maximum absolute atomic E-state index is 5.62. The minimum Gasteiger partial charge on any atom is -0.378 e. The fraction of sp³-hybridized carbons (Fsp3) is 0.571. The van der Waals surface area contributed by atoms with Crippen molar-refractivity contribution in [1.29, 1.82) is 0 Å². The van der Waals surface area contributed by atoms with Crippen LogP contribution in [0.3, 0.4) is 0 Å². The lowest BCUT2D eigenvalue weighted by Gasteiger charge is -2.43. The summed E-state index contributed by atoms with van der Waals surface area (Å²) >= 11 is 0. The van der Waals surface area contributed by atoms with Crippen molar-refractivity contribution < 1.29 is 4.74 Å². The van der Waals surface area contributed by atoms with Crippen LogP contribution in [-0.2, 0) is 11.3 Å². The quantitative estimate of drug-likeness (QED) is 0.852. The Balaban J connectivity index is 1.57. The molecular weight excluding hydrogens is 226 g/mol. The highest BCUT2D eigenvalue weighted by Gasteiger charge is 2.28. The van der Waals surface area contributed by atoms with E-state index in [0.29, 0.717) is 12.6 Å². The summed E-state index contributed by atoms with van der Waals surface area (Å²) in [6, 6.07) is 9.30. The molecule has 0 amide bonds. The molecule has 0 bridgehead atoms. The third-order valence-corrected chi connectivity index (χ3v) is 3.99. The first-order chi connectivity index (χ1) is 8.86. The van der Waals surface area contributed by atoms with E-state index in [0.717, 1.165) is 39.4 Å². The predicted molar refractivity (Wildman–Crippen MR) is 72.7 cm³/mol. The van der Waals surface area contributed by atoms with Crippen LogP contribution in [0.25, 0.3) is 0 Å². The molecule has 98 valence electrons. The Bertz CT molecular complexity index is 381. The predicted octanol–water partition coefficient (Wildman–Crippen LogP) is 0.666. The number of anilines is 1. The molecule has 2 saturated heterocycles. The van der Waals surface area contributed by atoms with Crippen molar-refractivity contribution in [3.05, 3.63) is 29.8 Å². The van der Waals surface area contributed by atoms with E-state index in [1.165, 1.54) is 11.3 Å². The van der Waals surface area contributed by atoms with E-state index in [4.69, 9.17) is 10.5 Å². The summed E-state index contributed by atoms with van der Waals surface area (Å²) in [6.07, 6.45) is 0. The van der Waals surface area contributed by atoms with Crippen LogP contribution in [0.2, 0.25) is 0 Å². The van der Waals surface area contributed by atoms with Gasteiger partial charge in [0.15, 0.2) is 0 Å². The highest BCUT2D eigenvalue weighted by atomic mass is 16.5. The van der Waals surface area contributed by atoms with Gasteiger partial charge >= 0.3 is 0 Å². The van der Waals surface area contributed by atoms with Crippen molar-refractivity contribution >= 4 is 5.69 Å². The van der Waals surface area contributed by atoms with E-state index < -0.39 is 0 Å². The van der Waals surface area contributed by atoms with Crippen molar-refractivity contribution in [3.63, 3.8) is 0 Å². The Kier molecular flexibility index (Phi) is 3.50. The highest BCUT2D eigenvalue weighted by Crippen LogP contribution is 2.19. The van der Waals surface area contributed by atoms with Gasteiger partial charge in [0.25, 0.3) is 0 Å². The van der Waals surface area contributed by atoms with Gasteiger partial charge in [0.1, 0.15) is 0 Å². The van der Waals surface area contributed by atoms with Crippen LogP contribution in [0.5, 0.6) is 0 Å². The van der Waals surface area contributed by atoms with Crippen LogP contribution < -0.4 is 10.6 Å². The molecule has 4 nitrogen and oxygen atoms in total. The van der Waals surface area contributed by atoms with Gasteiger partial charge in [-0.25, -0.2) is 0 Å². The Labute approximate surface area is 108 Å². The van der Waals surface area contributed by atoms with Gasteiger partial charge in [-0.3, -0.25) is 4.90 Å². The van der Waals surface area contributed by atoms with Gasteiger partial charge in [-0.15, -0.1) is 0 Å². The van der Waals surface area contributed by atoms with E-state index in [1.54, 1.807) is 0 Å². The maximum Gasteiger partial charge on any atom is 0.0645 e. The zero-order valence-corrected chi connectivity index (χ0v) is 10.7. The van der Waals surface area contributed by atoms with E-state index in [1.807, 2.05) is 0 Å². The van der Waals surface area contributed by atoms with Crippen LogP contribution in [0.4, 0.5) is 5.69 Å². The smallest absolute Gasteiger partial charge is 0.0645 e. The fourth-order valence-electron chi connectivity index (χ4n) is 2.62. The van der Waals surface area contributed by atoms with Crippen molar-refractivity contribution in [2.45, 2.75) is 12.6 Å². The number of hydrogen-bond acceptors (Lipinski definition) is 4. The van der Waals surface area contributed by atoms with Crippen LogP contribution in [0.15, 0.2) is 24.3 Å². The van der Waals surface area contributed by atoms with Gasteiger partial charge in [-0.05, 0) is 17.7 Å². The molecule has 0 aromatic heterocycles. The Morgan fingerprint density at radius 1 is 1.06 bits per heavy atom. The standard InChI is InChI=1S/C14H21N3O/c15-9-12-1-3-13(4-2-12)16-5-7-17(8-6-16)14-10-18-11-14/h1-4,14H,5-11,15H2. The van der Waals surface area contributed by atoms with Gasteiger partial charge < -0.3 is 15.4 Å². The average molecular weight is 247 g/mol. The van der Waals surface area contributed by atoms with Gasteiger partial charge in [-0.1, -0.05) is 12.1 Å². The molecule has 0 radical (unpaired) electrons. The molecule has 2 aliphatic heterocycles. The molecule has 2 fully saturated rings. The summed E-state index contributed by atoms with van der Waals surface area (Å²) in [5, 5.41) is 0. The lowest BCUT2D eigenvalue weighted by molar-refractivity contribution is -0.0660. The number of ether oxygens (including phenoxy) is 1. The lowest BCUT2D eigenvalue weighted by atomic mass is 10.1. The molecule has 2 heterocycles. The molecule has 2 aliphatic rings. The van der Waals surface area contributed by atoms with Gasteiger partial charge in [-0.2, -0.15) is 0 Å². The second kappa shape index (κ2) is 5.26. The molecule has 0 saturated carbocycles. The van der Waals surface area contributed by atoms with Gasteiger partial charge in [0.2, 0.25) is 0 Å². The highest BCUT2D eigenvalue weighted by molar-refractivity contribution is 5.48. The second-order valence-corrected chi connectivity index (χ2v) is 5.08. The van der Waals surface area contributed by atoms with Crippen LogP contribution in [-0.4, -0.2) is 50.3 Å². The molecule has 1 aromatic rings. The Morgan fingerprint density at radius 2 is 1.72 bits per heavy atom. The van der Waals surface area contributed by atoms with Crippen LogP contribution in [0, 0.1) is 0 Å². The summed E-state index contributed by atoms with van der Waals surface area (Å²) in [5.41, 5.74) is 8.13. The normalized spacial score (nSPS) is 21.9. The van der Waals surface area contributed by atoms with Gasteiger partial charge in [0.05, 0.1) is 19.3 Å². The second-order valence-electron chi connectivity index (χ2n) is 5.08. The number of nitrogens with zero attached hydrogens (tertiary/aromatic N) is 2. The minimum absolute atomic E-state index is 0.621. The van der Waals surface area contributed by atoms with Crippen LogP contribution in [0.1, 0.15) is 5.56 Å². The van der Waals surface area contributed by atoms with Crippen molar-refractivity contribution in [2.24, 2.45) is 5.73 Å². The summed E-state index contributed by atoms with van der Waals surface area (Å²) in [5.74, 6) is 0. The fourth-order valence-corrected chi connectivity index (χ4v) is 2.62. The average Bonchev–Trinajstić information content (AvgIpc) is 2.38. The molecule has 0 spiro atoms. The summed E-state index contributed by atoms with van der Waals surface area (Å²) in [7, 11) is 0. The number of benzene rings is 1. The topological polar surface area (TPSA) is 41.7 Å². The summed E-state index contributed by atoms with van der Waals surface area (Å²) in [6.45, 7) is 6.97. The van der Waals surface area contributed by atoms with E-state index in [2.05, 4.69) is 34.1 Å². The zero-order valence-electron chi connectivity index (χ0n) is 10.7. The first-order valence-corrected chi connectivity index (χ1v) is 6.72. The molecule has 4 heteroatoms. The Morgan fingerprint density at radius 3 is 2.22 bits per heavy atom. The number of piperazine rings is 1. The Hall–Kier alpha value is -1.10. The molecule has 18 heavy (non-hydrogen) atoms.